The largest absolute Gasteiger partial charge is 0.497 e. The van der Waals surface area contributed by atoms with E-state index in [1.807, 2.05) is 6.07 Å². The number of anilines is 3. The van der Waals surface area contributed by atoms with Crippen molar-refractivity contribution in [3.05, 3.63) is 52.9 Å². The molecule has 0 atom stereocenters. The Bertz CT molecular complexity index is 1050. The highest BCUT2D eigenvalue weighted by molar-refractivity contribution is 6.06. The third kappa shape index (κ3) is 3.64. The molecule has 3 aromatic rings. The van der Waals surface area contributed by atoms with E-state index in [1.165, 1.54) is 14.2 Å². The van der Waals surface area contributed by atoms with Crippen LogP contribution in [-0.2, 0) is 0 Å². The molecule has 8 heteroatoms. The Kier molecular flexibility index (Phi) is 5.16. The smallest absolute Gasteiger partial charge is 0.362 e. The zero-order chi connectivity index (χ0) is 19.4. The van der Waals surface area contributed by atoms with E-state index in [0.717, 1.165) is 0 Å². The van der Waals surface area contributed by atoms with E-state index >= 15 is 0 Å². The molecule has 0 aliphatic rings. The Labute approximate surface area is 155 Å². The topological polar surface area (TPSA) is 102 Å². The van der Waals surface area contributed by atoms with Crippen molar-refractivity contribution in [3.8, 4) is 11.5 Å². The van der Waals surface area contributed by atoms with Crippen LogP contribution in [0.15, 0.2) is 51.7 Å². The summed E-state index contributed by atoms with van der Waals surface area (Å²) in [4.78, 5) is 24.8. The van der Waals surface area contributed by atoms with Gasteiger partial charge in [0.25, 0.3) is 0 Å². The average molecular weight is 369 g/mol. The molecule has 0 aliphatic carbocycles. The van der Waals surface area contributed by atoms with Gasteiger partial charge in [-0.3, -0.25) is 5.32 Å². The van der Waals surface area contributed by atoms with Crippen LogP contribution in [0.3, 0.4) is 0 Å². The molecule has 3 N–H and O–H groups in total. The van der Waals surface area contributed by atoms with Crippen LogP contribution < -0.4 is 31.0 Å². The van der Waals surface area contributed by atoms with Crippen molar-refractivity contribution in [1.82, 2.24) is 0 Å². The number of methoxy groups -OCH3 is 2. The van der Waals surface area contributed by atoms with Gasteiger partial charge in [-0.2, -0.15) is 0 Å². The summed E-state index contributed by atoms with van der Waals surface area (Å²) >= 11 is 0. The molecule has 0 saturated heterocycles. The predicted molar refractivity (Wildman–Crippen MR) is 104 cm³/mol. The number of fused-ring (bicyclic) bond motifs is 1. The fourth-order valence-electron chi connectivity index (χ4n) is 2.70. The Morgan fingerprint density at radius 2 is 1.78 bits per heavy atom. The van der Waals surface area contributed by atoms with Gasteiger partial charge in [0, 0.05) is 18.5 Å². The van der Waals surface area contributed by atoms with Gasteiger partial charge in [-0.25, -0.2) is 9.59 Å². The third-order valence-electron chi connectivity index (χ3n) is 3.96. The summed E-state index contributed by atoms with van der Waals surface area (Å²) < 4.78 is 15.7. The second-order valence-electron chi connectivity index (χ2n) is 5.53. The number of urea groups is 1. The summed E-state index contributed by atoms with van der Waals surface area (Å²) in [5.74, 6) is 0.998. The number of hydrogen-bond donors (Lipinski definition) is 3. The SMILES string of the molecule is CNc1c(NC(=O)Nc2cc(OC)ccc2OC)c(=O)oc2ccccc12. The number of rotatable bonds is 5. The third-order valence-corrected chi connectivity index (χ3v) is 3.96. The number of ether oxygens (including phenoxy) is 2. The molecule has 2 amide bonds. The molecule has 0 aliphatic heterocycles. The van der Waals surface area contributed by atoms with Gasteiger partial charge in [-0.1, -0.05) is 12.1 Å². The van der Waals surface area contributed by atoms with Crippen LogP contribution >= 0.6 is 0 Å². The number of hydrogen-bond acceptors (Lipinski definition) is 6. The molecule has 2 aromatic carbocycles. The molecular weight excluding hydrogens is 350 g/mol. The van der Waals surface area contributed by atoms with E-state index < -0.39 is 11.7 Å². The van der Waals surface area contributed by atoms with Crippen LogP contribution in [0.1, 0.15) is 0 Å². The van der Waals surface area contributed by atoms with E-state index in [9.17, 15) is 9.59 Å². The molecule has 1 aromatic heterocycles. The van der Waals surface area contributed by atoms with Crippen molar-refractivity contribution in [2.75, 3.05) is 37.2 Å². The minimum Gasteiger partial charge on any atom is -0.497 e. The van der Waals surface area contributed by atoms with Crippen LogP contribution in [-0.4, -0.2) is 27.3 Å². The second-order valence-corrected chi connectivity index (χ2v) is 5.53. The van der Waals surface area contributed by atoms with Gasteiger partial charge < -0.3 is 24.5 Å². The maximum absolute atomic E-state index is 12.5. The first kappa shape index (κ1) is 18.1. The highest BCUT2D eigenvalue weighted by atomic mass is 16.5. The van der Waals surface area contributed by atoms with Gasteiger partial charge in [0.15, 0.2) is 5.69 Å². The fourth-order valence-corrected chi connectivity index (χ4v) is 2.70. The highest BCUT2D eigenvalue weighted by Crippen LogP contribution is 2.30. The summed E-state index contributed by atoms with van der Waals surface area (Å²) in [5.41, 5.74) is 0.633. The van der Waals surface area contributed by atoms with Gasteiger partial charge in [0.1, 0.15) is 17.1 Å². The van der Waals surface area contributed by atoms with Crippen molar-refractivity contribution in [2.45, 2.75) is 0 Å². The number of para-hydroxylation sites is 1. The molecule has 140 valence electrons. The number of nitrogens with one attached hydrogen (secondary N) is 3. The minimum atomic E-state index is -0.661. The molecule has 8 nitrogen and oxygen atoms in total. The summed E-state index contributed by atoms with van der Waals surface area (Å²) in [6.45, 7) is 0. The van der Waals surface area contributed by atoms with E-state index in [-0.39, 0.29) is 5.69 Å². The van der Waals surface area contributed by atoms with Crippen LogP contribution in [0.5, 0.6) is 11.5 Å². The zero-order valence-corrected chi connectivity index (χ0v) is 15.1. The molecule has 1 heterocycles. The fraction of sp³-hybridized carbons (Fsp3) is 0.158. The first-order chi connectivity index (χ1) is 13.1. The van der Waals surface area contributed by atoms with Crippen molar-refractivity contribution in [1.29, 1.82) is 0 Å². The summed E-state index contributed by atoms with van der Waals surface area (Å²) in [7, 11) is 4.67. The first-order valence-corrected chi connectivity index (χ1v) is 8.11. The van der Waals surface area contributed by atoms with Gasteiger partial charge in [-0.15, -0.1) is 0 Å². The molecule has 0 fully saturated rings. The normalized spacial score (nSPS) is 10.3. The molecule has 0 saturated carbocycles. The predicted octanol–water partition coefficient (Wildman–Crippen LogP) is 3.50. The lowest BCUT2D eigenvalue weighted by Gasteiger charge is -2.14. The minimum absolute atomic E-state index is 0.00978. The van der Waals surface area contributed by atoms with Crippen LogP contribution in [0, 0.1) is 0 Å². The van der Waals surface area contributed by atoms with Crippen molar-refractivity contribution >= 4 is 34.1 Å². The van der Waals surface area contributed by atoms with Crippen molar-refractivity contribution in [2.24, 2.45) is 0 Å². The number of benzene rings is 2. The summed E-state index contributed by atoms with van der Waals surface area (Å²) in [6, 6.07) is 11.4. The van der Waals surface area contributed by atoms with E-state index in [1.54, 1.807) is 43.4 Å². The van der Waals surface area contributed by atoms with E-state index in [4.69, 9.17) is 13.9 Å². The molecule has 0 bridgehead atoms. The molecule has 0 unspecified atom stereocenters. The Hall–Kier alpha value is -3.68. The second kappa shape index (κ2) is 7.69. The average Bonchev–Trinajstić information content (AvgIpc) is 2.68. The lowest BCUT2D eigenvalue weighted by atomic mass is 10.2. The maximum Gasteiger partial charge on any atom is 0.362 e. The lowest BCUT2D eigenvalue weighted by molar-refractivity contribution is 0.262. The number of amides is 2. The zero-order valence-electron chi connectivity index (χ0n) is 15.1. The van der Waals surface area contributed by atoms with E-state index in [0.29, 0.717) is 33.8 Å². The first-order valence-electron chi connectivity index (χ1n) is 8.11. The van der Waals surface area contributed by atoms with Gasteiger partial charge >= 0.3 is 11.7 Å². The van der Waals surface area contributed by atoms with Crippen LogP contribution in [0.25, 0.3) is 11.0 Å². The number of carbonyl (C=O) groups is 1. The molecular formula is C19H19N3O5. The van der Waals surface area contributed by atoms with Crippen LogP contribution in [0.2, 0.25) is 0 Å². The van der Waals surface area contributed by atoms with Gasteiger partial charge in [-0.05, 0) is 24.3 Å². The molecule has 27 heavy (non-hydrogen) atoms. The van der Waals surface area contributed by atoms with Crippen molar-refractivity contribution in [3.63, 3.8) is 0 Å². The van der Waals surface area contributed by atoms with E-state index in [2.05, 4.69) is 16.0 Å². The highest BCUT2D eigenvalue weighted by Gasteiger charge is 2.17. The summed E-state index contributed by atoms with van der Waals surface area (Å²) in [5, 5.41) is 8.81. The van der Waals surface area contributed by atoms with Gasteiger partial charge in [0.2, 0.25) is 0 Å². The molecule has 3 rings (SSSR count). The van der Waals surface area contributed by atoms with Gasteiger partial charge in [0.05, 0.1) is 25.6 Å². The Morgan fingerprint density at radius 1 is 1.00 bits per heavy atom. The molecule has 0 spiro atoms. The number of carbonyl (C=O) groups excluding carboxylic acids is 1. The summed E-state index contributed by atoms with van der Waals surface area (Å²) in [6.07, 6.45) is 0. The Morgan fingerprint density at radius 3 is 2.48 bits per heavy atom. The lowest BCUT2D eigenvalue weighted by Crippen LogP contribution is -2.24. The monoisotopic (exact) mass is 369 g/mol. The molecule has 0 radical (unpaired) electrons. The maximum atomic E-state index is 12.5. The standard InChI is InChI=1S/C19H19N3O5/c1-20-16-12-6-4-5-7-14(12)27-18(23)17(16)22-19(24)21-13-10-11(25-2)8-9-15(13)26-3/h4-10,20H,1-3H3,(H2,21,22,24). The van der Waals surface area contributed by atoms with Crippen molar-refractivity contribution < 1.29 is 18.7 Å². The quantitative estimate of drug-likeness (QED) is 0.595. The Balaban J connectivity index is 1.93. The van der Waals surface area contributed by atoms with Crippen LogP contribution in [0.4, 0.5) is 21.9 Å².